The molecule has 0 radical (unpaired) electrons. The molecule has 0 saturated carbocycles. The highest BCUT2D eigenvalue weighted by molar-refractivity contribution is 7.09. The van der Waals surface area contributed by atoms with E-state index in [9.17, 15) is 9.90 Å². The third-order valence-corrected chi connectivity index (χ3v) is 5.36. The standard InChI is InChI=1S/C15H23NO2S/c1-2-15(12-17)7-9-16(10-8-15)14(18)6-5-13-4-3-11-19-13/h3-4,11,17H,2,5-10,12H2,1H3. The van der Waals surface area contributed by atoms with Crippen LogP contribution in [0.4, 0.5) is 0 Å². The quantitative estimate of drug-likeness (QED) is 0.901. The van der Waals surface area contributed by atoms with Crippen LogP contribution in [0.1, 0.15) is 37.5 Å². The predicted octanol–water partition coefficient (Wildman–Crippen LogP) is 2.69. The number of likely N-dealkylation sites (tertiary alicyclic amines) is 1. The van der Waals surface area contributed by atoms with Gasteiger partial charge in [0.25, 0.3) is 0 Å². The first-order chi connectivity index (χ1) is 9.19. The van der Waals surface area contributed by atoms with Crippen LogP contribution < -0.4 is 0 Å². The van der Waals surface area contributed by atoms with Crippen LogP contribution in [-0.2, 0) is 11.2 Å². The van der Waals surface area contributed by atoms with Crippen molar-refractivity contribution >= 4 is 17.2 Å². The van der Waals surface area contributed by atoms with Gasteiger partial charge in [-0.2, -0.15) is 0 Å². The molecule has 2 heterocycles. The number of piperidine rings is 1. The summed E-state index contributed by atoms with van der Waals surface area (Å²) >= 11 is 1.71. The molecule has 0 bridgehead atoms. The first kappa shape index (κ1) is 14.5. The maximum Gasteiger partial charge on any atom is 0.222 e. The van der Waals surface area contributed by atoms with E-state index >= 15 is 0 Å². The minimum atomic E-state index is 0.0601. The van der Waals surface area contributed by atoms with E-state index in [-0.39, 0.29) is 17.9 Å². The summed E-state index contributed by atoms with van der Waals surface area (Å²) in [5.74, 6) is 0.260. The second-order valence-electron chi connectivity index (χ2n) is 5.47. The molecule has 1 aromatic rings. The topological polar surface area (TPSA) is 40.5 Å². The number of carbonyl (C=O) groups excluding carboxylic acids is 1. The van der Waals surface area contributed by atoms with Crippen molar-refractivity contribution in [3.8, 4) is 0 Å². The first-order valence-corrected chi connectivity index (χ1v) is 7.98. The molecule has 0 spiro atoms. The van der Waals surface area contributed by atoms with Crippen molar-refractivity contribution in [2.24, 2.45) is 5.41 Å². The fraction of sp³-hybridized carbons (Fsp3) is 0.667. The van der Waals surface area contributed by atoms with Gasteiger partial charge in [0, 0.05) is 31.0 Å². The van der Waals surface area contributed by atoms with Gasteiger partial charge in [0.2, 0.25) is 5.91 Å². The zero-order valence-corrected chi connectivity index (χ0v) is 12.4. The summed E-state index contributed by atoms with van der Waals surface area (Å²) in [5.41, 5.74) is 0.0601. The Kier molecular flexibility index (Phi) is 4.99. The Morgan fingerprint density at radius 3 is 2.74 bits per heavy atom. The van der Waals surface area contributed by atoms with Crippen molar-refractivity contribution in [3.63, 3.8) is 0 Å². The highest BCUT2D eigenvalue weighted by Gasteiger charge is 2.33. The zero-order chi connectivity index (χ0) is 13.7. The SMILES string of the molecule is CCC1(CO)CCN(C(=O)CCc2cccs2)CC1. The second kappa shape index (κ2) is 6.53. The van der Waals surface area contributed by atoms with Crippen LogP contribution in [0.3, 0.4) is 0 Å². The average Bonchev–Trinajstić information content (AvgIpc) is 2.98. The number of hydrogen-bond donors (Lipinski definition) is 1. The maximum absolute atomic E-state index is 12.1. The van der Waals surface area contributed by atoms with Crippen molar-refractivity contribution in [2.45, 2.75) is 39.0 Å². The average molecular weight is 281 g/mol. The number of carbonyl (C=O) groups is 1. The summed E-state index contributed by atoms with van der Waals surface area (Å²) in [6.07, 6.45) is 4.33. The van der Waals surface area contributed by atoms with Crippen molar-refractivity contribution in [2.75, 3.05) is 19.7 Å². The smallest absolute Gasteiger partial charge is 0.222 e. The second-order valence-corrected chi connectivity index (χ2v) is 6.50. The van der Waals surface area contributed by atoms with Crippen molar-refractivity contribution < 1.29 is 9.90 Å². The molecule has 1 aliphatic rings. The van der Waals surface area contributed by atoms with Gasteiger partial charge in [0.1, 0.15) is 0 Å². The Morgan fingerprint density at radius 1 is 1.47 bits per heavy atom. The van der Waals surface area contributed by atoms with E-state index in [1.165, 1.54) is 4.88 Å². The lowest BCUT2D eigenvalue weighted by atomic mass is 9.77. The highest BCUT2D eigenvalue weighted by atomic mass is 32.1. The van der Waals surface area contributed by atoms with E-state index in [0.29, 0.717) is 6.42 Å². The molecule has 4 heteroatoms. The summed E-state index contributed by atoms with van der Waals surface area (Å²) in [5, 5.41) is 11.5. The molecule has 0 aromatic carbocycles. The van der Waals surface area contributed by atoms with Crippen molar-refractivity contribution in [1.82, 2.24) is 4.90 Å². The fourth-order valence-corrected chi connectivity index (χ4v) is 3.41. The molecule has 1 aromatic heterocycles. The number of hydrogen-bond acceptors (Lipinski definition) is 3. The molecule has 1 aliphatic heterocycles. The fourth-order valence-electron chi connectivity index (χ4n) is 2.70. The molecule has 0 atom stereocenters. The number of amides is 1. The monoisotopic (exact) mass is 281 g/mol. The van der Waals surface area contributed by atoms with Crippen LogP contribution in [0, 0.1) is 5.41 Å². The molecule has 106 valence electrons. The third-order valence-electron chi connectivity index (χ3n) is 4.43. The molecule has 3 nitrogen and oxygen atoms in total. The molecule has 1 saturated heterocycles. The molecule has 0 aliphatic carbocycles. The molecule has 19 heavy (non-hydrogen) atoms. The Balaban J connectivity index is 1.79. The molecule has 1 N–H and O–H groups in total. The number of thiophene rings is 1. The van der Waals surface area contributed by atoms with Crippen LogP contribution in [-0.4, -0.2) is 35.6 Å². The highest BCUT2D eigenvalue weighted by Crippen LogP contribution is 2.34. The van der Waals surface area contributed by atoms with Crippen LogP contribution in [0.15, 0.2) is 17.5 Å². The molecule has 0 unspecified atom stereocenters. The number of nitrogens with zero attached hydrogens (tertiary/aromatic N) is 1. The molecule has 1 amide bonds. The van der Waals surface area contributed by atoms with Gasteiger partial charge in [-0.1, -0.05) is 13.0 Å². The zero-order valence-electron chi connectivity index (χ0n) is 11.6. The van der Waals surface area contributed by atoms with Gasteiger partial charge in [-0.05, 0) is 42.5 Å². The lowest BCUT2D eigenvalue weighted by molar-refractivity contribution is -0.134. The lowest BCUT2D eigenvalue weighted by Crippen LogP contribution is -2.44. The Labute approximate surface area is 119 Å². The molecular weight excluding hydrogens is 258 g/mol. The first-order valence-electron chi connectivity index (χ1n) is 7.10. The van der Waals surface area contributed by atoms with Crippen LogP contribution in [0.25, 0.3) is 0 Å². The van der Waals surface area contributed by atoms with Gasteiger partial charge < -0.3 is 10.0 Å². The van der Waals surface area contributed by atoms with E-state index in [0.717, 1.165) is 38.8 Å². The Morgan fingerprint density at radius 2 is 2.21 bits per heavy atom. The summed E-state index contributed by atoms with van der Waals surface area (Å²) in [7, 11) is 0. The molecule has 2 rings (SSSR count). The Bertz CT molecular complexity index is 388. The van der Waals surface area contributed by atoms with Crippen molar-refractivity contribution in [3.05, 3.63) is 22.4 Å². The van der Waals surface area contributed by atoms with Crippen molar-refractivity contribution in [1.29, 1.82) is 0 Å². The minimum absolute atomic E-state index is 0.0601. The van der Waals surface area contributed by atoms with Crippen LogP contribution in [0.5, 0.6) is 0 Å². The van der Waals surface area contributed by atoms with E-state index < -0.39 is 0 Å². The largest absolute Gasteiger partial charge is 0.396 e. The molecular formula is C15H23NO2S. The van der Waals surface area contributed by atoms with Gasteiger partial charge in [0.05, 0.1) is 0 Å². The number of rotatable bonds is 5. The van der Waals surface area contributed by atoms with Gasteiger partial charge in [-0.25, -0.2) is 0 Å². The summed E-state index contributed by atoms with van der Waals surface area (Å²) in [4.78, 5) is 15.4. The normalized spacial score (nSPS) is 18.5. The molecule has 1 fully saturated rings. The van der Waals surface area contributed by atoms with E-state index in [4.69, 9.17) is 0 Å². The van der Waals surface area contributed by atoms with E-state index in [2.05, 4.69) is 18.4 Å². The predicted molar refractivity (Wildman–Crippen MR) is 78.3 cm³/mol. The minimum Gasteiger partial charge on any atom is -0.396 e. The number of aliphatic hydroxyl groups excluding tert-OH is 1. The maximum atomic E-state index is 12.1. The van der Waals surface area contributed by atoms with Gasteiger partial charge >= 0.3 is 0 Å². The summed E-state index contributed by atoms with van der Waals surface area (Å²) in [6, 6.07) is 4.12. The van der Waals surface area contributed by atoms with Gasteiger partial charge in [-0.3, -0.25) is 4.79 Å². The number of aryl methyl sites for hydroxylation is 1. The Hall–Kier alpha value is -0.870. The van der Waals surface area contributed by atoms with Gasteiger partial charge in [0.15, 0.2) is 0 Å². The number of aliphatic hydroxyl groups is 1. The van der Waals surface area contributed by atoms with Gasteiger partial charge in [-0.15, -0.1) is 11.3 Å². The van der Waals surface area contributed by atoms with Crippen LogP contribution in [0.2, 0.25) is 0 Å². The summed E-state index contributed by atoms with van der Waals surface area (Å²) < 4.78 is 0. The van der Waals surface area contributed by atoms with Crippen LogP contribution >= 0.6 is 11.3 Å². The third kappa shape index (κ3) is 3.57. The van der Waals surface area contributed by atoms with E-state index in [1.807, 2.05) is 11.0 Å². The summed E-state index contributed by atoms with van der Waals surface area (Å²) in [6.45, 7) is 3.99. The van der Waals surface area contributed by atoms with E-state index in [1.54, 1.807) is 11.3 Å². The lowest BCUT2D eigenvalue weighted by Gasteiger charge is -2.40.